The molecule has 1 aromatic rings. The van der Waals surface area contributed by atoms with Crippen LogP contribution in [-0.4, -0.2) is 63.7 Å². The molecule has 0 radical (unpaired) electrons. The lowest BCUT2D eigenvalue weighted by atomic mass is 9.95. The Morgan fingerprint density at radius 3 is 2.73 bits per heavy atom. The highest BCUT2D eigenvalue weighted by Gasteiger charge is 2.30. The molecule has 3 heterocycles. The van der Waals surface area contributed by atoms with Gasteiger partial charge in [0.25, 0.3) is 0 Å². The van der Waals surface area contributed by atoms with Gasteiger partial charge in [0, 0.05) is 51.5 Å². The molecule has 1 saturated heterocycles. The molecule has 1 saturated carbocycles. The summed E-state index contributed by atoms with van der Waals surface area (Å²) < 4.78 is 2.33. The normalized spacial score (nSPS) is 25.3. The molecule has 2 fully saturated rings. The van der Waals surface area contributed by atoms with Crippen LogP contribution in [0, 0.1) is 5.92 Å². The zero-order valence-corrected chi connectivity index (χ0v) is 16.2. The Kier molecular flexibility index (Phi) is 5.57. The Morgan fingerprint density at radius 2 is 1.88 bits per heavy atom. The van der Waals surface area contributed by atoms with Crippen LogP contribution in [0.5, 0.6) is 0 Å². The van der Waals surface area contributed by atoms with Gasteiger partial charge in [0.15, 0.2) is 0 Å². The molecule has 2 aliphatic heterocycles. The summed E-state index contributed by atoms with van der Waals surface area (Å²) in [6.07, 6.45) is 10.4. The Bertz CT molecular complexity index is 622. The van der Waals surface area contributed by atoms with Crippen molar-refractivity contribution in [3.05, 3.63) is 11.6 Å². The number of carbonyl (C=O) groups excluding carboxylic acids is 1. The molecule has 3 aliphatic rings. The number of likely N-dealkylation sites (tertiary alicyclic amines) is 1. The van der Waals surface area contributed by atoms with E-state index < -0.39 is 0 Å². The van der Waals surface area contributed by atoms with Crippen molar-refractivity contribution in [2.24, 2.45) is 5.92 Å². The van der Waals surface area contributed by atoms with E-state index in [4.69, 9.17) is 0 Å². The van der Waals surface area contributed by atoms with E-state index in [1.165, 1.54) is 25.7 Å². The molecule has 6 nitrogen and oxygen atoms in total. The number of nitrogens with zero attached hydrogens (tertiary/aromatic N) is 5. The minimum atomic E-state index is 0.351. The molecule has 4 rings (SSSR count). The van der Waals surface area contributed by atoms with E-state index in [0.29, 0.717) is 11.8 Å². The van der Waals surface area contributed by atoms with Gasteiger partial charge in [0.1, 0.15) is 11.6 Å². The van der Waals surface area contributed by atoms with Crippen molar-refractivity contribution >= 4 is 5.91 Å². The number of amides is 1. The topological polar surface area (TPSA) is 54.3 Å². The molecule has 0 spiro atoms. The second-order valence-corrected chi connectivity index (χ2v) is 8.55. The minimum Gasteiger partial charge on any atom is -0.342 e. The number of hydrogen-bond donors (Lipinski definition) is 0. The minimum absolute atomic E-state index is 0.351. The summed E-state index contributed by atoms with van der Waals surface area (Å²) in [7, 11) is 2.17. The Labute approximate surface area is 156 Å². The van der Waals surface area contributed by atoms with Crippen molar-refractivity contribution in [2.45, 2.75) is 70.3 Å². The number of fused-ring (bicyclic) bond motifs is 1. The SMILES string of the molecule is CN1CCc2nnc(C3CCCN(C(=O)CCC4CCCC4)C3)n2CC1. The molecule has 26 heavy (non-hydrogen) atoms. The van der Waals surface area contributed by atoms with Crippen molar-refractivity contribution in [3.63, 3.8) is 0 Å². The van der Waals surface area contributed by atoms with Gasteiger partial charge in [-0.25, -0.2) is 0 Å². The maximum absolute atomic E-state index is 12.7. The van der Waals surface area contributed by atoms with Crippen LogP contribution in [0.2, 0.25) is 0 Å². The third-order valence-corrected chi connectivity index (χ3v) is 6.66. The van der Waals surface area contributed by atoms with Crippen LogP contribution < -0.4 is 0 Å². The fraction of sp³-hybridized carbons (Fsp3) is 0.850. The summed E-state index contributed by atoms with van der Waals surface area (Å²) in [5.41, 5.74) is 0. The summed E-state index contributed by atoms with van der Waals surface area (Å²) in [5, 5.41) is 9.02. The van der Waals surface area contributed by atoms with Gasteiger partial charge in [-0.3, -0.25) is 4.79 Å². The van der Waals surface area contributed by atoms with Crippen molar-refractivity contribution in [3.8, 4) is 0 Å². The van der Waals surface area contributed by atoms with Crippen LogP contribution in [0.3, 0.4) is 0 Å². The predicted octanol–water partition coefficient (Wildman–Crippen LogP) is 2.44. The first-order valence-corrected chi connectivity index (χ1v) is 10.6. The van der Waals surface area contributed by atoms with Gasteiger partial charge >= 0.3 is 0 Å². The summed E-state index contributed by atoms with van der Waals surface area (Å²) in [4.78, 5) is 17.2. The Morgan fingerprint density at radius 1 is 1.04 bits per heavy atom. The van der Waals surface area contributed by atoms with Crippen LogP contribution in [-0.2, 0) is 17.8 Å². The zero-order chi connectivity index (χ0) is 17.9. The van der Waals surface area contributed by atoms with Crippen LogP contribution in [0.1, 0.15) is 68.9 Å². The molecule has 0 N–H and O–H groups in total. The van der Waals surface area contributed by atoms with Crippen molar-refractivity contribution < 1.29 is 4.79 Å². The molecule has 0 bridgehead atoms. The molecule has 0 aromatic carbocycles. The average molecular weight is 360 g/mol. The molecular formula is C20H33N5O. The van der Waals surface area contributed by atoms with E-state index >= 15 is 0 Å². The fourth-order valence-electron chi connectivity index (χ4n) is 4.95. The lowest BCUT2D eigenvalue weighted by Gasteiger charge is -2.33. The van der Waals surface area contributed by atoms with Crippen LogP contribution >= 0.6 is 0 Å². The largest absolute Gasteiger partial charge is 0.342 e. The first kappa shape index (κ1) is 18.0. The van der Waals surface area contributed by atoms with Crippen molar-refractivity contribution in [1.82, 2.24) is 24.6 Å². The number of aromatic nitrogens is 3. The predicted molar refractivity (Wildman–Crippen MR) is 101 cm³/mol. The summed E-state index contributed by atoms with van der Waals surface area (Å²) in [6, 6.07) is 0. The molecular weight excluding hydrogens is 326 g/mol. The Balaban J connectivity index is 1.38. The summed E-state index contributed by atoms with van der Waals surface area (Å²) >= 11 is 0. The Hall–Kier alpha value is -1.43. The van der Waals surface area contributed by atoms with E-state index in [9.17, 15) is 4.79 Å². The highest BCUT2D eigenvalue weighted by atomic mass is 16.2. The van der Waals surface area contributed by atoms with Crippen LogP contribution in [0.25, 0.3) is 0 Å². The highest BCUT2D eigenvalue weighted by molar-refractivity contribution is 5.76. The van der Waals surface area contributed by atoms with E-state index in [1.54, 1.807) is 0 Å². The third-order valence-electron chi connectivity index (χ3n) is 6.66. The molecule has 1 atom stereocenters. The number of carbonyl (C=O) groups is 1. The standard InChI is InChI=1S/C20H33N5O/c1-23-12-10-18-21-22-20(25(18)14-13-23)17-7-4-11-24(15-17)19(26)9-8-16-5-2-3-6-16/h16-17H,2-15H2,1H3. The van der Waals surface area contributed by atoms with Gasteiger partial charge in [-0.05, 0) is 32.2 Å². The van der Waals surface area contributed by atoms with Gasteiger partial charge in [0.2, 0.25) is 5.91 Å². The first-order chi connectivity index (χ1) is 12.7. The van der Waals surface area contributed by atoms with Gasteiger partial charge in [-0.2, -0.15) is 0 Å². The van der Waals surface area contributed by atoms with Crippen molar-refractivity contribution in [2.75, 3.05) is 33.2 Å². The third kappa shape index (κ3) is 3.95. The fourth-order valence-corrected chi connectivity index (χ4v) is 4.95. The van der Waals surface area contributed by atoms with E-state index in [1.807, 2.05) is 0 Å². The molecule has 1 amide bonds. The average Bonchev–Trinajstić information content (AvgIpc) is 3.29. The number of likely N-dealkylation sites (N-methyl/N-ethyl adjacent to an activating group) is 1. The maximum atomic E-state index is 12.7. The number of hydrogen-bond acceptors (Lipinski definition) is 4. The van der Waals surface area contributed by atoms with Gasteiger partial charge < -0.3 is 14.4 Å². The van der Waals surface area contributed by atoms with E-state index in [0.717, 1.165) is 82.4 Å². The first-order valence-electron chi connectivity index (χ1n) is 10.6. The quantitative estimate of drug-likeness (QED) is 0.829. The van der Waals surface area contributed by atoms with Crippen LogP contribution in [0.15, 0.2) is 0 Å². The second-order valence-electron chi connectivity index (χ2n) is 8.55. The van der Waals surface area contributed by atoms with E-state index in [2.05, 4.69) is 31.6 Å². The van der Waals surface area contributed by atoms with Gasteiger partial charge in [-0.1, -0.05) is 25.7 Å². The molecule has 144 valence electrons. The summed E-state index contributed by atoms with van der Waals surface area (Å²) in [6.45, 7) is 4.82. The molecule has 6 heteroatoms. The van der Waals surface area contributed by atoms with Gasteiger partial charge in [0.05, 0.1) is 0 Å². The summed E-state index contributed by atoms with van der Waals surface area (Å²) in [5.74, 6) is 3.74. The molecule has 1 aliphatic carbocycles. The number of piperidine rings is 1. The number of rotatable bonds is 4. The van der Waals surface area contributed by atoms with Crippen molar-refractivity contribution in [1.29, 1.82) is 0 Å². The van der Waals surface area contributed by atoms with Crippen LogP contribution in [0.4, 0.5) is 0 Å². The monoisotopic (exact) mass is 359 g/mol. The zero-order valence-electron chi connectivity index (χ0n) is 16.2. The molecule has 1 aromatic heterocycles. The maximum Gasteiger partial charge on any atom is 0.222 e. The van der Waals surface area contributed by atoms with Gasteiger partial charge in [-0.15, -0.1) is 10.2 Å². The molecule has 1 unspecified atom stereocenters. The highest BCUT2D eigenvalue weighted by Crippen LogP contribution is 2.30. The van der Waals surface area contributed by atoms with E-state index in [-0.39, 0.29) is 0 Å². The lowest BCUT2D eigenvalue weighted by Crippen LogP contribution is -2.40. The lowest BCUT2D eigenvalue weighted by molar-refractivity contribution is -0.132. The second kappa shape index (κ2) is 8.07. The smallest absolute Gasteiger partial charge is 0.222 e.